The number of imide groups is 1. The molecule has 1 N–H and O–H groups in total. The molecule has 1 heterocycles. The molecule has 1 atom stereocenters. The van der Waals surface area contributed by atoms with Crippen LogP contribution in [0, 0.1) is 6.92 Å². The first-order valence-corrected chi connectivity index (χ1v) is 9.28. The second-order valence-electron chi connectivity index (χ2n) is 7.19. The molecule has 28 heavy (non-hydrogen) atoms. The summed E-state index contributed by atoms with van der Waals surface area (Å²) in [5.74, 6) is -0.775. The van der Waals surface area contributed by atoms with Gasteiger partial charge in [0.2, 0.25) is 5.91 Å². The number of rotatable bonds is 5. The van der Waals surface area contributed by atoms with Crippen LogP contribution >= 0.6 is 11.6 Å². The van der Waals surface area contributed by atoms with Crippen LogP contribution in [0.15, 0.2) is 48.5 Å². The molecule has 2 aromatic carbocycles. The molecule has 0 aromatic heterocycles. The summed E-state index contributed by atoms with van der Waals surface area (Å²) in [4.78, 5) is 40.4. The Morgan fingerprint density at radius 3 is 2.50 bits per heavy atom. The lowest BCUT2D eigenvalue weighted by molar-refractivity contribution is -0.138. The van der Waals surface area contributed by atoms with Gasteiger partial charge in [-0.15, -0.1) is 0 Å². The van der Waals surface area contributed by atoms with Crippen LogP contribution in [-0.4, -0.2) is 41.2 Å². The van der Waals surface area contributed by atoms with Crippen molar-refractivity contribution in [3.05, 3.63) is 70.2 Å². The number of hydrogen-bond acceptors (Lipinski definition) is 3. The first-order chi connectivity index (χ1) is 13.2. The van der Waals surface area contributed by atoms with Crippen molar-refractivity contribution < 1.29 is 14.4 Å². The number of urea groups is 1. The zero-order valence-electron chi connectivity index (χ0n) is 16.0. The van der Waals surface area contributed by atoms with Gasteiger partial charge in [0.05, 0.1) is 0 Å². The molecule has 4 amide bonds. The van der Waals surface area contributed by atoms with Crippen LogP contribution in [0.4, 0.5) is 4.79 Å². The van der Waals surface area contributed by atoms with Gasteiger partial charge in [0.1, 0.15) is 12.1 Å². The molecule has 1 fully saturated rings. The van der Waals surface area contributed by atoms with Crippen LogP contribution in [0.25, 0.3) is 0 Å². The van der Waals surface area contributed by atoms with Crippen LogP contribution in [0.5, 0.6) is 0 Å². The Morgan fingerprint density at radius 1 is 1.18 bits per heavy atom. The number of carbonyl (C=O) groups excluding carboxylic acids is 3. The number of hydrogen-bond donors (Lipinski definition) is 1. The highest BCUT2D eigenvalue weighted by atomic mass is 35.5. The second-order valence-corrected chi connectivity index (χ2v) is 7.63. The number of likely N-dealkylation sites (N-methyl/N-ethyl adjacent to an activating group) is 1. The van der Waals surface area contributed by atoms with E-state index < -0.39 is 17.5 Å². The third-order valence-corrected chi connectivity index (χ3v) is 5.17. The lowest BCUT2D eigenvalue weighted by atomic mass is 9.91. The Kier molecular flexibility index (Phi) is 5.42. The Labute approximate surface area is 169 Å². The summed E-state index contributed by atoms with van der Waals surface area (Å²) >= 11 is 5.97. The van der Waals surface area contributed by atoms with Gasteiger partial charge >= 0.3 is 6.03 Å². The van der Waals surface area contributed by atoms with E-state index >= 15 is 0 Å². The van der Waals surface area contributed by atoms with Gasteiger partial charge in [-0.05, 0) is 37.1 Å². The van der Waals surface area contributed by atoms with Crippen molar-refractivity contribution >= 4 is 29.4 Å². The van der Waals surface area contributed by atoms with Crippen molar-refractivity contribution in [3.8, 4) is 0 Å². The molecule has 0 radical (unpaired) electrons. The first kappa shape index (κ1) is 19.9. The normalized spacial score (nSPS) is 18.9. The topological polar surface area (TPSA) is 69.7 Å². The Balaban J connectivity index is 1.71. The van der Waals surface area contributed by atoms with E-state index in [4.69, 9.17) is 11.6 Å². The number of nitrogens with one attached hydrogen (secondary N) is 1. The predicted molar refractivity (Wildman–Crippen MR) is 107 cm³/mol. The van der Waals surface area contributed by atoms with Crippen LogP contribution < -0.4 is 5.32 Å². The van der Waals surface area contributed by atoms with Gasteiger partial charge in [0.15, 0.2) is 0 Å². The van der Waals surface area contributed by atoms with E-state index in [1.165, 1.54) is 4.90 Å². The van der Waals surface area contributed by atoms with Gasteiger partial charge < -0.3 is 10.2 Å². The Morgan fingerprint density at radius 2 is 1.86 bits per heavy atom. The van der Waals surface area contributed by atoms with Gasteiger partial charge in [-0.2, -0.15) is 0 Å². The Bertz CT molecular complexity index is 929. The van der Waals surface area contributed by atoms with Gasteiger partial charge in [0.25, 0.3) is 5.91 Å². The van der Waals surface area contributed by atoms with E-state index in [0.717, 1.165) is 16.0 Å². The van der Waals surface area contributed by atoms with Crippen LogP contribution in [0.2, 0.25) is 5.02 Å². The third kappa shape index (κ3) is 3.87. The largest absolute Gasteiger partial charge is 0.340 e. The lowest BCUT2D eigenvalue weighted by Gasteiger charge is -2.23. The van der Waals surface area contributed by atoms with E-state index in [2.05, 4.69) is 5.32 Å². The minimum atomic E-state index is -1.18. The SMILES string of the molecule is Cc1ccc(C2(C)NC(=O)N(CC(=O)N(C)Cc3cccc(Cl)c3)C2=O)cc1. The number of amides is 4. The highest BCUT2D eigenvalue weighted by Crippen LogP contribution is 2.29. The summed E-state index contributed by atoms with van der Waals surface area (Å²) in [6.45, 7) is 3.61. The summed E-state index contributed by atoms with van der Waals surface area (Å²) in [7, 11) is 1.63. The van der Waals surface area contributed by atoms with Gasteiger partial charge in [0, 0.05) is 18.6 Å². The van der Waals surface area contributed by atoms with E-state index in [-0.39, 0.29) is 12.5 Å². The molecule has 7 heteroatoms. The van der Waals surface area contributed by atoms with E-state index in [9.17, 15) is 14.4 Å². The molecule has 1 unspecified atom stereocenters. The molecule has 0 saturated carbocycles. The monoisotopic (exact) mass is 399 g/mol. The molecule has 0 spiro atoms. The van der Waals surface area contributed by atoms with E-state index in [0.29, 0.717) is 17.1 Å². The van der Waals surface area contributed by atoms with Gasteiger partial charge in [-0.3, -0.25) is 14.5 Å². The number of carbonyl (C=O) groups is 3. The summed E-state index contributed by atoms with van der Waals surface area (Å²) in [5.41, 5.74) is 1.42. The zero-order valence-corrected chi connectivity index (χ0v) is 16.8. The molecule has 6 nitrogen and oxygen atoms in total. The first-order valence-electron chi connectivity index (χ1n) is 8.90. The number of halogens is 1. The van der Waals surface area contributed by atoms with Crippen molar-refractivity contribution in [2.75, 3.05) is 13.6 Å². The van der Waals surface area contributed by atoms with Crippen molar-refractivity contribution in [2.24, 2.45) is 0 Å². The second kappa shape index (κ2) is 7.64. The van der Waals surface area contributed by atoms with Gasteiger partial charge in [-0.25, -0.2) is 4.79 Å². The van der Waals surface area contributed by atoms with Gasteiger partial charge in [-0.1, -0.05) is 53.6 Å². The molecule has 146 valence electrons. The molecule has 2 aromatic rings. The molecule has 1 saturated heterocycles. The number of aryl methyl sites for hydroxylation is 1. The van der Waals surface area contributed by atoms with Crippen LogP contribution in [0.3, 0.4) is 0 Å². The molecule has 0 bridgehead atoms. The number of nitrogens with zero attached hydrogens (tertiary/aromatic N) is 2. The standard InChI is InChI=1S/C21H22ClN3O3/c1-14-7-9-16(10-8-14)21(2)19(27)25(20(28)23-21)13-18(26)24(3)12-15-5-4-6-17(22)11-15/h4-11H,12-13H2,1-3H3,(H,23,28). The van der Waals surface area contributed by atoms with Crippen molar-refractivity contribution in [2.45, 2.75) is 25.9 Å². The fourth-order valence-electron chi connectivity index (χ4n) is 3.18. The summed E-state index contributed by atoms with van der Waals surface area (Å²) in [6.07, 6.45) is 0. The number of benzene rings is 2. The summed E-state index contributed by atoms with van der Waals surface area (Å²) < 4.78 is 0. The minimum absolute atomic E-state index is 0.316. The van der Waals surface area contributed by atoms with E-state index in [1.54, 1.807) is 32.2 Å². The highest BCUT2D eigenvalue weighted by molar-refractivity contribution is 6.30. The molecule has 0 aliphatic carbocycles. The third-order valence-electron chi connectivity index (χ3n) is 4.93. The van der Waals surface area contributed by atoms with Crippen molar-refractivity contribution in [1.82, 2.24) is 15.1 Å². The maximum Gasteiger partial charge on any atom is 0.325 e. The van der Waals surface area contributed by atoms with Crippen LogP contribution in [-0.2, 0) is 21.7 Å². The molecular weight excluding hydrogens is 378 g/mol. The minimum Gasteiger partial charge on any atom is -0.340 e. The maximum atomic E-state index is 12.9. The molecular formula is C21H22ClN3O3. The summed E-state index contributed by atoms with van der Waals surface area (Å²) in [5, 5.41) is 3.30. The zero-order chi connectivity index (χ0) is 20.5. The predicted octanol–water partition coefficient (Wildman–Crippen LogP) is 3.07. The van der Waals surface area contributed by atoms with Crippen molar-refractivity contribution in [3.63, 3.8) is 0 Å². The quantitative estimate of drug-likeness (QED) is 0.785. The van der Waals surface area contributed by atoms with Crippen molar-refractivity contribution in [1.29, 1.82) is 0 Å². The average Bonchev–Trinajstić information content (AvgIpc) is 2.86. The fourth-order valence-corrected chi connectivity index (χ4v) is 3.39. The average molecular weight is 400 g/mol. The lowest BCUT2D eigenvalue weighted by Crippen LogP contribution is -2.43. The maximum absolute atomic E-state index is 12.9. The van der Waals surface area contributed by atoms with E-state index in [1.807, 2.05) is 37.3 Å². The smallest absolute Gasteiger partial charge is 0.325 e. The highest BCUT2D eigenvalue weighted by Gasteiger charge is 2.49. The molecule has 3 rings (SSSR count). The Hall–Kier alpha value is -2.86. The molecule has 1 aliphatic heterocycles. The van der Waals surface area contributed by atoms with Crippen LogP contribution in [0.1, 0.15) is 23.6 Å². The fraction of sp³-hybridized carbons (Fsp3) is 0.286. The molecule has 1 aliphatic rings. The summed E-state index contributed by atoms with van der Waals surface area (Å²) in [6, 6.07) is 14.0.